The lowest BCUT2D eigenvalue weighted by Gasteiger charge is -2.10. The van der Waals surface area contributed by atoms with Gasteiger partial charge in [0.25, 0.3) is 0 Å². The Morgan fingerprint density at radius 2 is 2.00 bits per heavy atom. The average molecular weight is 260 g/mol. The third kappa shape index (κ3) is 2.76. The van der Waals surface area contributed by atoms with Crippen LogP contribution < -0.4 is 4.74 Å². The van der Waals surface area contributed by atoms with Gasteiger partial charge in [0.05, 0.1) is 19.0 Å². The van der Waals surface area contributed by atoms with Gasteiger partial charge < -0.3 is 14.8 Å². The molecule has 100 valence electrons. The summed E-state index contributed by atoms with van der Waals surface area (Å²) in [5.74, 6) is 0.422. The summed E-state index contributed by atoms with van der Waals surface area (Å²) >= 11 is 0. The van der Waals surface area contributed by atoms with E-state index in [2.05, 4.69) is 9.97 Å². The van der Waals surface area contributed by atoms with E-state index < -0.39 is 5.97 Å². The summed E-state index contributed by atoms with van der Waals surface area (Å²) in [6.45, 7) is 3.95. The number of benzene rings is 1. The van der Waals surface area contributed by atoms with Crippen LogP contribution in [0.15, 0.2) is 18.3 Å². The Morgan fingerprint density at radius 3 is 2.53 bits per heavy atom. The summed E-state index contributed by atoms with van der Waals surface area (Å²) < 4.78 is 5.32. The van der Waals surface area contributed by atoms with E-state index in [1.54, 1.807) is 13.3 Å². The Bertz CT molecular complexity index is 594. The molecule has 0 spiro atoms. The third-order valence-electron chi connectivity index (χ3n) is 2.92. The summed E-state index contributed by atoms with van der Waals surface area (Å²) in [6.07, 6.45) is 1.55. The van der Waals surface area contributed by atoms with E-state index >= 15 is 0 Å². The number of aryl methyl sites for hydroxylation is 2. The highest BCUT2D eigenvalue weighted by Crippen LogP contribution is 2.29. The molecule has 1 aromatic carbocycles. The molecule has 0 aliphatic carbocycles. The number of ether oxygens (including phenoxy) is 1. The van der Waals surface area contributed by atoms with Gasteiger partial charge in [0.2, 0.25) is 0 Å². The summed E-state index contributed by atoms with van der Waals surface area (Å²) in [4.78, 5) is 17.7. The predicted octanol–water partition coefficient (Wildman–Crippen LogP) is 2.33. The van der Waals surface area contributed by atoms with E-state index in [0.717, 1.165) is 28.1 Å². The predicted molar refractivity (Wildman–Crippen MR) is 71.4 cm³/mol. The van der Waals surface area contributed by atoms with Crippen molar-refractivity contribution in [3.05, 3.63) is 35.3 Å². The van der Waals surface area contributed by atoms with Crippen LogP contribution in [0.25, 0.3) is 11.3 Å². The number of carboxylic acids is 1. The highest BCUT2D eigenvalue weighted by Gasteiger charge is 2.10. The van der Waals surface area contributed by atoms with Crippen molar-refractivity contribution in [1.29, 1.82) is 0 Å². The van der Waals surface area contributed by atoms with Gasteiger partial charge in [-0.3, -0.25) is 4.79 Å². The molecule has 5 heteroatoms. The van der Waals surface area contributed by atoms with Crippen LogP contribution in [0.2, 0.25) is 0 Å². The Kier molecular flexibility index (Phi) is 3.55. The van der Waals surface area contributed by atoms with E-state index in [1.165, 1.54) is 0 Å². The van der Waals surface area contributed by atoms with Crippen molar-refractivity contribution in [2.45, 2.75) is 20.3 Å². The van der Waals surface area contributed by atoms with E-state index in [-0.39, 0.29) is 6.42 Å². The van der Waals surface area contributed by atoms with E-state index in [1.807, 2.05) is 26.0 Å². The molecule has 0 saturated heterocycles. The first-order valence-corrected chi connectivity index (χ1v) is 5.92. The van der Waals surface area contributed by atoms with Crippen molar-refractivity contribution in [3.8, 4) is 17.0 Å². The highest BCUT2D eigenvalue weighted by molar-refractivity contribution is 5.70. The lowest BCUT2D eigenvalue weighted by molar-refractivity contribution is -0.136. The standard InChI is InChI=1S/C14H16N2O3/c1-8-4-10(5-9(2)14(8)19-3)11-7-15-12(16-11)6-13(17)18/h4-5,7H,6H2,1-3H3,(H,15,16)(H,17,18). The Hall–Kier alpha value is -2.30. The molecule has 0 bridgehead atoms. The number of aromatic nitrogens is 2. The molecular weight excluding hydrogens is 244 g/mol. The molecule has 0 unspecified atom stereocenters. The highest BCUT2D eigenvalue weighted by atomic mass is 16.5. The third-order valence-corrected chi connectivity index (χ3v) is 2.92. The van der Waals surface area contributed by atoms with Crippen LogP contribution in [-0.4, -0.2) is 28.2 Å². The van der Waals surface area contributed by atoms with Gasteiger partial charge in [-0.05, 0) is 37.1 Å². The van der Waals surface area contributed by atoms with E-state index in [9.17, 15) is 4.79 Å². The monoisotopic (exact) mass is 260 g/mol. The molecule has 1 aromatic heterocycles. The van der Waals surface area contributed by atoms with E-state index in [4.69, 9.17) is 9.84 Å². The number of carbonyl (C=O) groups is 1. The molecule has 2 aromatic rings. The van der Waals surface area contributed by atoms with Gasteiger partial charge in [-0.15, -0.1) is 0 Å². The molecule has 0 radical (unpaired) electrons. The lowest BCUT2D eigenvalue weighted by Crippen LogP contribution is -2.01. The fourth-order valence-corrected chi connectivity index (χ4v) is 2.17. The number of nitrogens with zero attached hydrogens (tertiary/aromatic N) is 1. The van der Waals surface area contributed by atoms with Gasteiger partial charge in [0.15, 0.2) is 0 Å². The summed E-state index contributed by atoms with van der Waals surface area (Å²) in [5, 5.41) is 8.73. The van der Waals surface area contributed by atoms with Crippen LogP contribution in [-0.2, 0) is 11.2 Å². The maximum absolute atomic E-state index is 10.6. The maximum Gasteiger partial charge on any atom is 0.311 e. The van der Waals surface area contributed by atoms with Gasteiger partial charge in [-0.2, -0.15) is 0 Å². The van der Waals surface area contributed by atoms with Crippen molar-refractivity contribution >= 4 is 5.97 Å². The van der Waals surface area contributed by atoms with Gasteiger partial charge in [0.1, 0.15) is 18.0 Å². The molecule has 0 amide bonds. The second-order valence-corrected chi connectivity index (χ2v) is 4.46. The maximum atomic E-state index is 10.6. The first kappa shape index (κ1) is 13.1. The molecule has 0 atom stereocenters. The first-order valence-electron chi connectivity index (χ1n) is 5.92. The summed E-state index contributed by atoms with van der Waals surface area (Å²) in [6, 6.07) is 3.98. The Balaban J connectivity index is 2.37. The second-order valence-electron chi connectivity index (χ2n) is 4.46. The first-order chi connectivity index (χ1) is 9.01. The molecule has 0 aliphatic rings. The van der Waals surface area contributed by atoms with Gasteiger partial charge in [0, 0.05) is 5.56 Å². The zero-order valence-corrected chi connectivity index (χ0v) is 11.2. The molecule has 5 nitrogen and oxygen atoms in total. The lowest BCUT2D eigenvalue weighted by atomic mass is 10.0. The summed E-state index contributed by atoms with van der Waals surface area (Å²) in [7, 11) is 1.65. The minimum atomic E-state index is -0.900. The van der Waals surface area contributed by atoms with Crippen molar-refractivity contribution in [2.24, 2.45) is 0 Å². The molecule has 2 rings (SSSR count). The fraction of sp³-hybridized carbons (Fsp3) is 0.286. The average Bonchev–Trinajstić information content (AvgIpc) is 2.76. The minimum absolute atomic E-state index is 0.103. The van der Waals surface area contributed by atoms with Crippen LogP contribution in [0.4, 0.5) is 0 Å². The fourth-order valence-electron chi connectivity index (χ4n) is 2.17. The van der Waals surface area contributed by atoms with Crippen molar-refractivity contribution in [3.63, 3.8) is 0 Å². The van der Waals surface area contributed by atoms with Crippen molar-refractivity contribution in [2.75, 3.05) is 7.11 Å². The topological polar surface area (TPSA) is 75.2 Å². The van der Waals surface area contributed by atoms with Crippen molar-refractivity contribution < 1.29 is 14.6 Å². The molecule has 2 N–H and O–H groups in total. The normalized spacial score (nSPS) is 10.5. The Labute approximate surface area is 111 Å². The van der Waals surface area contributed by atoms with Crippen LogP contribution >= 0.6 is 0 Å². The number of carboxylic acid groups (broad SMARTS) is 1. The van der Waals surface area contributed by atoms with E-state index in [0.29, 0.717) is 5.82 Å². The number of nitrogens with one attached hydrogen (secondary N) is 1. The second kappa shape index (κ2) is 5.14. The SMILES string of the molecule is COc1c(C)cc(-c2cnc(CC(=O)O)[nH]2)cc1C. The number of hydrogen-bond donors (Lipinski definition) is 2. The number of rotatable bonds is 4. The van der Waals surface area contributed by atoms with Crippen LogP contribution in [0.1, 0.15) is 17.0 Å². The summed E-state index contributed by atoms with van der Waals surface area (Å²) in [5.41, 5.74) is 3.85. The zero-order valence-electron chi connectivity index (χ0n) is 11.2. The molecule has 0 aliphatic heterocycles. The minimum Gasteiger partial charge on any atom is -0.496 e. The number of aromatic amines is 1. The van der Waals surface area contributed by atoms with Crippen LogP contribution in [0.3, 0.4) is 0 Å². The largest absolute Gasteiger partial charge is 0.496 e. The number of methoxy groups -OCH3 is 1. The molecular formula is C14H16N2O3. The number of imidazole rings is 1. The number of aliphatic carboxylic acids is 1. The zero-order chi connectivity index (χ0) is 14.0. The molecule has 1 heterocycles. The smallest absolute Gasteiger partial charge is 0.311 e. The van der Waals surface area contributed by atoms with Crippen LogP contribution in [0, 0.1) is 13.8 Å². The van der Waals surface area contributed by atoms with Gasteiger partial charge in [-0.25, -0.2) is 4.98 Å². The molecule has 19 heavy (non-hydrogen) atoms. The Morgan fingerprint density at radius 1 is 1.37 bits per heavy atom. The van der Waals surface area contributed by atoms with Crippen molar-refractivity contribution in [1.82, 2.24) is 9.97 Å². The van der Waals surface area contributed by atoms with Crippen LogP contribution in [0.5, 0.6) is 5.75 Å². The number of H-pyrrole nitrogens is 1. The molecule has 0 saturated carbocycles. The van der Waals surface area contributed by atoms with Gasteiger partial charge >= 0.3 is 5.97 Å². The van der Waals surface area contributed by atoms with Gasteiger partial charge in [-0.1, -0.05) is 0 Å². The number of hydrogen-bond acceptors (Lipinski definition) is 3. The quantitative estimate of drug-likeness (QED) is 0.884. The molecule has 0 fully saturated rings.